The lowest BCUT2D eigenvalue weighted by Gasteiger charge is -2.20. The molecule has 6 heteroatoms. The Hall–Kier alpha value is -1.66. The second-order valence-corrected chi connectivity index (χ2v) is 4.43. The zero-order valence-corrected chi connectivity index (χ0v) is 9.95. The van der Waals surface area contributed by atoms with Crippen molar-refractivity contribution in [3.63, 3.8) is 0 Å². The molecule has 1 atom stereocenters. The van der Waals surface area contributed by atoms with Crippen LogP contribution >= 0.6 is 0 Å². The summed E-state index contributed by atoms with van der Waals surface area (Å²) < 4.78 is 10.7. The molecule has 18 heavy (non-hydrogen) atoms. The molecule has 6 nitrogen and oxygen atoms in total. The normalized spacial score (nSPS) is 20.6. The molecule has 3 rings (SSSR count). The van der Waals surface area contributed by atoms with E-state index >= 15 is 0 Å². The van der Waals surface area contributed by atoms with E-state index in [0.717, 1.165) is 19.4 Å². The van der Waals surface area contributed by atoms with Crippen LogP contribution in [-0.2, 0) is 6.54 Å². The lowest BCUT2D eigenvalue weighted by atomic mass is 10.2. The van der Waals surface area contributed by atoms with Gasteiger partial charge in [-0.05, 0) is 31.5 Å². The Balaban J connectivity index is 1.70. The number of aliphatic hydroxyl groups excluding tert-OH is 1. The average Bonchev–Trinajstić information content (AvgIpc) is 3.10. The summed E-state index contributed by atoms with van der Waals surface area (Å²) in [4.78, 5) is 2.17. The first-order chi connectivity index (χ1) is 8.86. The fraction of sp³-hybridized carbons (Fsp3) is 0.500. The Labute approximate surface area is 104 Å². The summed E-state index contributed by atoms with van der Waals surface area (Å²) in [6.45, 7) is 1.72. The van der Waals surface area contributed by atoms with E-state index in [4.69, 9.17) is 8.83 Å². The molecule has 0 saturated carbocycles. The molecule has 0 aromatic carbocycles. The minimum atomic E-state index is 0.180. The zero-order valence-electron chi connectivity index (χ0n) is 9.95. The van der Waals surface area contributed by atoms with Crippen molar-refractivity contribution in [3.8, 4) is 11.7 Å². The summed E-state index contributed by atoms with van der Waals surface area (Å²) in [7, 11) is 0. The van der Waals surface area contributed by atoms with Crippen LogP contribution in [0.4, 0.5) is 0 Å². The number of furan rings is 1. The number of rotatable bonds is 4. The van der Waals surface area contributed by atoms with Gasteiger partial charge in [0.05, 0.1) is 19.4 Å². The third kappa shape index (κ3) is 2.16. The van der Waals surface area contributed by atoms with Crippen molar-refractivity contribution in [2.45, 2.75) is 25.4 Å². The molecular formula is C12H15N3O3. The first-order valence-corrected chi connectivity index (χ1v) is 6.08. The van der Waals surface area contributed by atoms with Crippen LogP contribution in [0, 0.1) is 0 Å². The van der Waals surface area contributed by atoms with E-state index in [1.54, 1.807) is 18.4 Å². The maximum Gasteiger partial charge on any atom is 0.283 e. The Kier molecular flexibility index (Phi) is 3.12. The van der Waals surface area contributed by atoms with Crippen LogP contribution in [0.5, 0.6) is 0 Å². The standard InChI is InChI=1S/C12H15N3O3/c16-8-9-3-1-5-15(9)7-11-13-14-12(18-11)10-4-2-6-17-10/h2,4,6,9,16H,1,3,5,7-8H2. The van der Waals surface area contributed by atoms with Gasteiger partial charge in [-0.25, -0.2) is 0 Å². The summed E-state index contributed by atoms with van der Waals surface area (Å²) in [6.07, 6.45) is 3.70. The second kappa shape index (κ2) is 4.91. The van der Waals surface area contributed by atoms with Crippen LogP contribution < -0.4 is 0 Å². The quantitative estimate of drug-likeness (QED) is 0.879. The lowest BCUT2D eigenvalue weighted by molar-refractivity contribution is 0.144. The van der Waals surface area contributed by atoms with Gasteiger partial charge < -0.3 is 13.9 Å². The van der Waals surface area contributed by atoms with E-state index < -0.39 is 0 Å². The Bertz CT molecular complexity index is 494. The number of aliphatic hydroxyl groups is 1. The van der Waals surface area contributed by atoms with Gasteiger partial charge in [0.1, 0.15) is 0 Å². The summed E-state index contributed by atoms with van der Waals surface area (Å²) in [6, 6.07) is 3.77. The van der Waals surface area contributed by atoms with E-state index in [-0.39, 0.29) is 12.6 Å². The van der Waals surface area contributed by atoms with Gasteiger partial charge in [-0.15, -0.1) is 10.2 Å². The molecule has 1 aliphatic rings. The molecular weight excluding hydrogens is 234 g/mol. The second-order valence-electron chi connectivity index (χ2n) is 4.43. The maximum absolute atomic E-state index is 9.25. The molecule has 1 N–H and O–H groups in total. The maximum atomic E-state index is 9.25. The third-order valence-corrected chi connectivity index (χ3v) is 3.25. The molecule has 1 fully saturated rings. The van der Waals surface area contributed by atoms with Crippen molar-refractivity contribution in [1.29, 1.82) is 0 Å². The van der Waals surface area contributed by atoms with Gasteiger partial charge in [0, 0.05) is 6.04 Å². The molecule has 1 saturated heterocycles. The largest absolute Gasteiger partial charge is 0.459 e. The highest BCUT2D eigenvalue weighted by molar-refractivity contribution is 5.42. The Morgan fingerprint density at radius 2 is 2.39 bits per heavy atom. The molecule has 1 aliphatic heterocycles. The van der Waals surface area contributed by atoms with E-state index in [9.17, 15) is 5.11 Å². The van der Waals surface area contributed by atoms with Gasteiger partial charge in [0.15, 0.2) is 5.76 Å². The summed E-state index contributed by atoms with van der Waals surface area (Å²) in [5, 5.41) is 17.2. The molecule has 3 heterocycles. The highest BCUT2D eigenvalue weighted by Gasteiger charge is 2.25. The Morgan fingerprint density at radius 1 is 1.44 bits per heavy atom. The predicted molar refractivity (Wildman–Crippen MR) is 62.5 cm³/mol. The smallest absolute Gasteiger partial charge is 0.283 e. The van der Waals surface area contributed by atoms with Crippen LogP contribution in [0.15, 0.2) is 27.2 Å². The van der Waals surface area contributed by atoms with Gasteiger partial charge in [-0.3, -0.25) is 4.90 Å². The number of hydrogen-bond acceptors (Lipinski definition) is 6. The van der Waals surface area contributed by atoms with Crippen LogP contribution in [0.3, 0.4) is 0 Å². The minimum absolute atomic E-state index is 0.180. The predicted octanol–water partition coefficient (Wildman–Crippen LogP) is 1.29. The van der Waals surface area contributed by atoms with Crippen LogP contribution in [0.2, 0.25) is 0 Å². The monoisotopic (exact) mass is 249 g/mol. The van der Waals surface area contributed by atoms with Gasteiger partial charge >= 0.3 is 0 Å². The molecule has 2 aromatic rings. The minimum Gasteiger partial charge on any atom is -0.459 e. The summed E-state index contributed by atoms with van der Waals surface area (Å²) >= 11 is 0. The van der Waals surface area contributed by atoms with Crippen molar-refractivity contribution in [2.75, 3.05) is 13.2 Å². The first kappa shape index (κ1) is 11.4. The van der Waals surface area contributed by atoms with Crippen molar-refractivity contribution in [3.05, 3.63) is 24.3 Å². The molecule has 0 bridgehead atoms. The summed E-state index contributed by atoms with van der Waals surface area (Å²) in [5.74, 6) is 1.53. The van der Waals surface area contributed by atoms with Crippen molar-refractivity contribution < 1.29 is 13.9 Å². The first-order valence-electron chi connectivity index (χ1n) is 6.08. The number of aromatic nitrogens is 2. The SMILES string of the molecule is OCC1CCCN1Cc1nnc(-c2ccco2)o1. The average molecular weight is 249 g/mol. The van der Waals surface area contributed by atoms with Crippen LogP contribution in [-0.4, -0.2) is 39.4 Å². The third-order valence-electron chi connectivity index (χ3n) is 3.25. The number of nitrogens with zero attached hydrogens (tertiary/aromatic N) is 3. The van der Waals surface area contributed by atoms with E-state index in [1.807, 2.05) is 0 Å². The van der Waals surface area contributed by atoms with Gasteiger partial charge in [-0.1, -0.05) is 0 Å². The van der Waals surface area contributed by atoms with E-state index in [0.29, 0.717) is 24.1 Å². The molecule has 96 valence electrons. The topological polar surface area (TPSA) is 75.5 Å². The van der Waals surface area contributed by atoms with Gasteiger partial charge in [0.25, 0.3) is 5.89 Å². The molecule has 0 amide bonds. The van der Waals surface area contributed by atoms with Crippen molar-refractivity contribution >= 4 is 0 Å². The van der Waals surface area contributed by atoms with Gasteiger partial charge in [0.2, 0.25) is 5.89 Å². The molecule has 0 aliphatic carbocycles. The highest BCUT2D eigenvalue weighted by atomic mass is 16.4. The Morgan fingerprint density at radius 3 is 3.17 bits per heavy atom. The van der Waals surface area contributed by atoms with Crippen molar-refractivity contribution in [1.82, 2.24) is 15.1 Å². The summed E-state index contributed by atoms with van der Waals surface area (Å²) in [5.41, 5.74) is 0. The number of hydrogen-bond donors (Lipinski definition) is 1. The van der Waals surface area contributed by atoms with Crippen LogP contribution in [0.1, 0.15) is 18.7 Å². The fourth-order valence-corrected chi connectivity index (χ4v) is 2.30. The number of likely N-dealkylation sites (tertiary alicyclic amines) is 1. The fourth-order valence-electron chi connectivity index (χ4n) is 2.30. The van der Waals surface area contributed by atoms with Gasteiger partial charge in [-0.2, -0.15) is 0 Å². The van der Waals surface area contributed by atoms with Crippen molar-refractivity contribution in [2.24, 2.45) is 0 Å². The molecule has 1 unspecified atom stereocenters. The van der Waals surface area contributed by atoms with E-state index in [1.165, 1.54) is 0 Å². The van der Waals surface area contributed by atoms with Crippen LogP contribution in [0.25, 0.3) is 11.7 Å². The van der Waals surface area contributed by atoms with E-state index in [2.05, 4.69) is 15.1 Å². The zero-order chi connectivity index (χ0) is 12.4. The molecule has 0 spiro atoms. The highest BCUT2D eigenvalue weighted by Crippen LogP contribution is 2.22. The lowest BCUT2D eigenvalue weighted by Crippen LogP contribution is -2.31. The molecule has 2 aromatic heterocycles. The molecule has 0 radical (unpaired) electrons.